The van der Waals surface area contributed by atoms with E-state index in [-0.39, 0.29) is 5.69 Å². The van der Waals surface area contributed by atoms with Crippen molar-refractivity contribution in [1.82, 2.24) is 19.7 Å². The summed E-state index contributed by atoms with van der Waals surface area (Å²) in [4.78, 5) is 2.20. The lowest BCUT2D eigenvalue weighted by Crippen LogP contribution is -2.30. The second-order valence-electron chi connectivity index (χ2n) is 6.34. The van der Waals surface area contributed by atoms with Crippen molar-refractivity contribution in [3.05, 3.63) is 35.7 Å². The highest BCUT2D eigenvalue weighted by Crippen LogP contribution is 2.36. The van der Waals surface area contributed by atoms with Gasteiger partial charge in [-0.2, -0.15) is 18.4 Å². The van der Waals surface area contributed by atoms with Gasteiger partial charge in [-0.15, -0.1) is 10.2 Å². The van der Waals surface area contributed by atoms with Crippen molar-refractivity contribution < 1.29 is 13.2 Å². The molecule has 0 radical (unpaired) electrons. The van der Waals surface area contributed by atoms with Crippen LogP contribution in [0.25, 0.3) is 5.69 Å². The van der Waals surface area contributed by atoms with Crippen LogP contribution in [0.15, 0.2) is 29.4 Å². The molecular formula is C18H20F3N5S. The second-order valence-corrected chi connectivity index (χ2v) is 7.40. The van der Waals surface area contributed by atoms with Crippen molar-refractivity contribution in [2.75, 3.05) is 18.8 Å². The van der Waals surface area contributed by atoms with Crippen LogP contribution in [0.1, 0.15) is 37.1 Å². The number of nitrogens with zero attached hydrogens (tertiary/aromatic N) is 5. The van der Waals surface area contributed by atoms with Crippen molar-refractivity contribution in [3.8, 4) is 11.8 Å². The zero-order valence-electron chi connectivity index (χ0n) is 14.7. The molecule has 9 heteroatoms. The molecule has 1 saturated heterocycles. The van der Waals surface area contributed by atoms with Crippen molar-refractivity contribution >= 4 is 11.8 Å². The number of piperidine rings is 1. The molecule has 1 aromatic heterocycles. The van der Waals surface area contributed by atoms with E-state index in [1.165, 1.54) is 34.9 Å². The van der Waals surface area contributed by atoms with Crippen LogP contribution in [0.5, 0.6) is 0 Å². The first-order valence-corrected chi connectivity index (χ1v) is 9.82. The lowest BCUT2D eigenvalue weighted by atomic mass is 10.1. The van der Waals surface area contributed by atoms with Crippen LogP contribution >= 0.6 is 11.8 Å². The maximum absolute atomic E-state index is 13.6. The Hall–Kier alpha value is -2.05. The van der Waals surface area contributed by atoms with Crippen molar-refractivity contribution in [2.45, 2.75) is 43.6 Å². The quantitative estimate of drug-likeness (QED) is 0.540. The maximum atomic E-state index is 13.6. The predicted molar refractivity (Wildman–Crippen MR) is 96.4 cm³/mol. The number of thioether (sulfide) groups is 1. The van der Waals surface area contributed by atoms with E-state index < -0.39 is 11.7 Å². The third kappa shape index (κ3) is 4.82. The van der Waals surface area contributed by atoms with Crippen LogP contribution in [0.3, 0.4) is 0 Å². The highest BCUT2D eigenvalue weighted by molar-refractivity contribution is 7.99. The molecule has 27 heavy (non-hydrogen) atoms. The van der Waals surface area contributed by atoms with Crippen LogP contribution in [0, 0.1) is 11.3 Å². The molecule has 0 spiro atoms. The van der Waals surface area contributed by atoms with Gasteiger partial charge in [-0.05, 0) is 38.1 Å². The molecule has 5 nitrogen and oxygen atoms in total. The van der Waals surface area contributed by atoms with Crippen LogP contribution in [0.4, 0.5) is 13.2 Å². The van der Waals surface area contributed by atoms with Gasteiger partial charge in [-0.25, -0.2) is 0 Å². The summed E-state index contributed by atoms with van der Waals surface area (Å²) in [5.41, 5.74) is -0.687. The molecular weight excluding hydrogens is 375 g/mol. The number of likely N-dealkylation sites (tertiary alicyclic amines) is 1. The molecule has 2 aromatic rings. The van der Waals surface area contributed by atoms with Crippen molar-refractivity contribution in [1.29, 1.82) is 5.26 Å². The van der Waals surface area contributed by atoms with Crippen molar-refractivity contribution in [2.24, 2.45) is 0 Å². The minimum atomic E-state index is -4.47. The maximum Gasteiger partial charge on any atom is 0.418 e. The molecule has 1 fully saturated rings. The van der Waals surface area contributed by atoms with Crippen LogP contribution < -0.4 is 0 Å². The summed E-state index contributed by atoms with van der Waals surface area (Å²) < 4.78 is 42.2. The number of aromatic nitrogens is 3. The smallest absolute Gasteiger partial charge is 0.296 e. The van der Waals surface area contributed by atoms with Gasteiger partial charge in [0.1, 0.15) is 0 Å². The third-order valence-corrected chi connectivity index (χ3v) is 5.34. The monoisotopic (exact) mass is 395 g/mol. The lowest BCUT2D eigenvalue weighted by Gasteiger charge is -2.26. The first kappa shape index (κ1) is 19.7. The summed E-state index contributed by atoms with van der Waals surface area (Å²) in [6, 6.07) is 7.52. The van der Waals surface area contributed by atoms with E-state index in [9.17, 15) is 13.2 Å². The molecule has 1 aromatic carbocycles. The van der Waals surface area contributed by atoms with Crippen molar-refractivity contribution in [3.63, 3.8) is 0 Å². The summed E-state index contributed by atoms with van der Waals surface area (Å²) in [6.07, 6.45) is -0.846. The molecule has 0 aliphatic carbocycles. The predicted octanol–water partition coefficient (Wildman–Crippen LogP) is 4.28. The number of alkyl halides is 3. The normalized spacial score (nSPS) is 15.6. The van der Waals surface area contributed by atoms with Gasteiger partial charge in [-0.1, -0.05) is 30.3 Å². The second kappa shape index (κ2) is 8.76. The first-order valence-electron chi connectivity index (χ1n) is 8.83. The Labute approximate surface area is 160 Å². The summed E-state index contributed by atoms with van der Waals surface area (Å²) in [7, 11) is 0. The average Bonchev–Trinajstić information content (AvgIpc) is 3.04. The average molecular weight is 395 g/mol. The van der Waals surface area contributed by atoms with Gasteiger partial charge in [0.15, 0.2) is 11.0 Å². The lowest BCUT2D eigenvalue weighted by molar-refractivity contribution is -0.137. The van der Waals surface area contributed by atoms with E-state index in [2.05, 4.69) is 15.1 Å². The summed E-state index contributed by atoms with van der Waals surface area (Å²) in [6.45, 7) is 2.27. The zero-order chi connectivity index (χ0) is 19.3. The van der Waals surface area contributed by atoms with Crippen LogP contribution in [0.2, 0.25) is 0 Å². The molecule has 144 valence electrons. The van der Waals surface area contributed by atoms with E-state index in [0.717, 1.165) is 32.0 Å². The van der Waals surface area contributed by atoms with Gasteiger partial charge in [0.2, 0.25) is 0 Å². The molecule has 1 aliphatic heterocycles. The number of nitriles is 1. The Bertz CT molecular complexity index is 806. The Morgan fingerprint density at radius 2 is 1.85 bits per heavy atom. The fourth-order valence-electron chi connectivity index (χ4n) is 3.15. The van der Waals surface area contributed by atoms with Gasteiger partial charge in [-0.3, -0.25) is 9.47 Å². The SMILES string of the molecule is N#CCCSc1nnc(CN2CCCCC2)n1-c1ccccc1C(F)(F)F. The van der Waals surface area contributed by atoms with Gasteiger partial charge in [0.25, 0.3) is 0 Å². The Kier molecular flexibility index (Phi) is 6.39. The Morgan fingerprint density at radius 3 is 2.56 bits per heavy atom. The first-order chi connectivity index (χ1) is 13.0. The van der Waals surface area contributed by atoms with Crippen LogP contribution in [-0.4, -0.2) is 38.5 Å². The number of rotatable bonds is 6. The van der Waals surface area contributed by atoms with E-state index in [0.29, 0.717) is 29.7 Å². The molecule has 0 amide bonds. The molecule has 0 atom stereocenters. The fraction of sp³-hybridized carbons (Fsp3) is 0.500. The minimum Gasteiger partial charge on any atom is -0.296 e. The number of hydrogen-bond donors (Lipinski definition) is 0. The van der Waals surface area contributed by atoms with E-state index in [4.69, 9.17) is 5.26 Å². The largest absolute Gasteiger partial charge is 0.418 e. The minimum absolute atomic E-state index is 0.0291. The number of halogens is 3. The van der Waals surface area contributed by atoms with Gasteiger partial charge in [0.05, 0.1) is 23.9 Å². The summed E-state index contributed by atoms with van der Waals surface area (Å²) in [5.74, 6) is 0.944. The standard InChI is InChI=1S/C18H20F3N5S/c19-18(20,21)14-7-2-3-8-15(14)26-16(13-25-10-4-1-5-11-25)23-24-17(26)27-12-6-9-22/h2-3,7-8H,1,4-6,10-13H2. The summed E-state index contributed by atoms with van der Waals surface area (Å²) in [5, 5.41) is 17.4. The third-order valence-electron chi connectivity index (χ3n) is 4.41. The van der Waals surface area contributed by atoms with Gasteiger partial charge in [0, 0.05) is 12.2 Å². The zero-order valence-corrected chi connectivity index (χ0v) is 15.6. The summed E-state index contributed by atoms with van der Waals surface area (Å²) >= 11 is 1.25. The van der Waals surface area contributed by atoms with Crippen LogP contribution in [-0.2, 0) is 12.7 Å². The fourth-order valence-corrected chi connectivity index (χ4v) is 3.96. The molecule has 0 unspecified atom stereocenters. The highest BCUT2D eigenvalue weighted by Gasteiger charge is 2.35. The topological polar surface area (TPSA) is 57.7 Å². The van der Waals surface area contributed by atoms with Gasteiger partial charge >= 0.3 is 6.18 Å². The van der Waals surface area contributed by atoms with E-state index >= 15 is 0 Å². The van der Waals surface area contributed by atoms with E-state index in [1.807, 2.05) is 6.07 Å². The number of benzene rings is 1. The molecule has 1 aliphatic rings. The van der Waals surface area contributed by atoms with Gasteiger partial charge < -0.3 is 0 Å². The molecule has 0 saturated carbocycles. The molecule has 0 N–H and O–H groups in total. The molecule has 2 heterocycles. The Balaban J connectivity index is 2.00. The number of para-hydroxylation sites is 1. The van der Waals surface area contributed by atoms with E-state index in [1.54, 1.807) is 6.07 Å². The Morgan fingerprint density at radius 1 is 1.11 bits per heavy atom. The highest BCUT2D eigenvalue weighted by atomic mass is 32.2. The molecule has 0 bridgehead atoms. The number of hydrogen-bond acceptors (Lipinski definition) is 5. The molecule has 3 rings (SSSR count).